The van der Waals surface area contributed by atoms with Crippen LogP contribution in [-0.4, -0.2) is 10.5 Å². The maximum absolute atomic E-state index is 12.4. The normalized spacial score (nSPS) is 11.9. The highest BCUT2D eigenvalue weighted by molar-refractivity contribution is 7.12. The zero-order chi connectivity index (χ0) is 18.0. The average Bonchev–Trinajstić information content (AvgIpc) is 3.24. The molecule has 3 nitrogen and oxygen atoms in total. The third kappa shape index (κ3) is 3.53. The predicted octanol–water partition coefficient (Wildman–Crippen LogP) is 5.22. The number of thiophene rings is 1. The molecule has 0 N–H and O–H groups in total. The van der Waals surface area contributed by atoms with Crippen molar-refractivity contribution in [3.05, 3.63) is 61.4 Å². The number of amides is 1. The third-order valence-electron chi connectivity index (χ3n) is 4.33. The van der Waals surface area contributed by atoms with Crippen LogP contribution >= 0.6 is 22.7 Å². The van der Waals surface area contributed by atoms with Gasteiger partial charge in [0.15, 0.2) is 4.80 Å². The van der Waals surface area contributed by atoms with Gasteiger partial charge < -0.3 is 4.57 Å². The maximum Gasteiger partial charge on any atom is 0.289 e. The first-order valence-corrected chi connectivity index (χ1v) is 10.2. The topological polar surface area (TPSA) is 34.4 Å². The first-order valence-electron chi connectivity index (χ1n) is 8.47. The Morgan fingerprint density at radius 3 is 2.56 bits per heavy atom. The van der Waals surface area contributed by atoms with E-state index in [2.05, 4.69) is 55.5 Å². The smallest absolute Gasteiger partial charge is 0.289 e. The summed E-state index contributed by atoms with van der Waals surface area (Å²) in [6.45, 7) is 9.31. The van der Waals surface area contributed by atoms with E-state index < -0.39 is 0 Å². The Kier molecular flexibility index (Phi) is 5.35. The lowest BCUT2D eigenvalue weighted by atomic mass is 10.0. The van der Waals surface area contributed by atoms with Crippen LogP contribution in [0, 0.1) is 13.8 Å². The lowest BCUT2D eigenvalue weighted by Gasteiger charge is -2.10. The highest BCUT2D eigenvalue weighted by atomic mass is 32.1. The number of hydrogen-bond acceptors (Lipinski definition) is 3. The second-order valence-corrected chi connectivity index (χ2v) is 7.96. The number of carbonyl (C=O) groups is 1. The van der Waals surface area contributed by atoms with Crippen LogP contribution in [0.15, 0.2) is 40.7 Å². The summed E-state index contributed by atoms with van der Waals surface area (Å²) in [4.78, 5) is 19.6. The van der Waals surface area contributed by atoms with E-state index in [9.17, 15) is 4.79 Å². The Morgan fingerprint density at radius 2 is 1.96 bits per heavy atom. The van der Waals surface area contributed by atoms with Gasteiger partial charge in [0.25, 0.3) is 5.91 Å². The van der Waals surface area contributed by atoms with Crippen LogP contribution in [0.4, 0.5) is 0 Å². The van der Waals surface area contributed by atoms with Gasteiger partial charge in [-0.15, -0.1) is 22.7 Å². The van der Waals surface area contributed by atoms with Crippen LogP contribution in [-0.2, 0) is 13.0 Å². The molecule has 0 aliphatic carbocycles. The Bertz CT molecular complexity index is 962. The molecule has 5 heteroatoms. The molecule has 0 aliphatic rings. The van der Waals surface area contributed by atoms with Crippen LogP contribution in [0.3, 0.4) is 0 Å². The molecule has 0 spiro atoms. The van der Waals surface area contributed by atoms with E-state index in [-0.39, 0.29) is 5.91 Å². The summed E-state index contributed by atoms with van der Waals surface area (Å²) in [5.41, 5.74) is 4.96. The van der Waals surface area contributed by atoms with Gasteiger partial charge in [0.05, 0.1) is 10.6 Å². The van der Waals surface area contributed by atoms with Crippen molar-refractivity contribution in [2.24, 2.45) is 4.99 Å². The number of thiazole rings is 1. The summed E-state index contributed by atoms with van der Waals surface area (Å²) in [6, 6.07) is 10.3. The number of hydrogen-bond donors (Lipinski definition) is 0. The molecule has 0 radical (unpaired) electrons. The van der Waals surface area contributed by atoms with Crippen LogP contribution in [0.25, 0.3) is 11.3 Å². The van der Waals surface area contributed by atoms with Gasteiger partial charge in [-0.1, -0.05) is 25.1 Å². The molecule has 0 atom stereocenters. The third-order valence-corrected chi connectivity index (χ3v) is 6.41. The zero-order valence-electron chi connectivity index (χ0n) is 15.0. The second-order valence-electron chi connectivity index (χ2n) is 5.95. The highest BCUT2D eigenvalue weighted by Gasteiger charge is 2.15. The first-order chi connectivity index (χ1) is 12.0. The molecule has 3 rings (SSSR count). The van der Waals surface area contributed by atoms with Gasteiger partial charge in [-0.05, 0) is 61.4 Å². The molecular formula is C20H22N2OS2. The summed E-state index contributed by atoms with van der Waals surface area (Å²) in [6.07, 6.45) is 0.926. The van der Waals surface area contributed by atoms with Gasteiger partial charge >= 0.3 is 0 Å². The molecule has 0 unspecified atom stereocenters. The fraction of sp³-hybridized carbons (Fsp3) is 0.300. The van der Waals surface area contributed by atoms with Gasteiger partial charge in [0, 0.05) is 11.4 Å². The first kappa shape index (κ1) is 17.8. The lowest BCUT2D eigenvalue weighted by Crippen LogP contribution is -2.17. The molecule has 2 aromatic heterocycles. The number of aryl methyl sites for hydroxylation is 3. The van der Waals surface area contributed by atoms with Crippen molar-refractivity contribution >= 4 is 28.6 Å². The molecule has 2 heterocycles. The Labute approximate surface area is 156 Å². The summed E-state index contributed by atoms with van der Waals surface area (Å²) in [5, 5.41) is 1.91. The lowest BCUT2D eigenvalue weighted by molar-refractivity contribution is 0.100. The minimum absolute atomic E-state index is 0.160. The Hall–Kier alpha value is -1.98. The number of aromatic nitrogens is 1. The number of nitrogens with zero attached hydrogens (tertiary/aromatic N) is 2. The van der Waals surface area contributed by atoms with Crippen molar-refractivity contribution in [1.29, 1.82) is 0 Å². The molecular weight excluding hydrogens is 348 g/mol. The van der Waals surface area contributed by atoms with Crippen molar-refractivity contribution < 1.29 is 4.79 Å². The summed E-state index contributed by atoms with van der Waals surface area (Å²) in [5.74, 6) is -0.160. The average molecular weight is 371 g/mol. The predicted molar refractivity (Wildman–Crippen MR) is 106 cm³/mol. The quantitative estimate of drug-likeness (QED) is 0.620. The van der Waals surface area contributed by atoms with E-state index in [1.165, 1.54) is 38.6 Å². The Balaban J connectivity index is 2.18. The monoisotopic (exact) mass is 370 g/mol. The second kappa shape index (κ2) is 7.50. The molecule has 1 amide bonds. The highest BCUT2D eigenvalue weighted by Crippen LogP contribution is 2.28. The van der Waals surface area contributed by atoms with E-state index in [0.29, 0.717) is 4.88 Å². The van der Waals surface area contributed by atoms with Gasteiger partial charge in [0.1, 0.15) is 0 Å². The van der Waals surface area contributed by atoms with Crippen molar-refractivity contribution in [3.8, 4) is 11.3 Å². The summed E-state index contributed by atoms with van der Waals surface area (Å²) < 4.78 is 2.17. The zero-order valence-corrected chi connectivity index (χ0v) is 16.6. The minimum atomic E-state index is -0.160. The van der Waals surface area contributed by atoms with E-state index in [1.54, 1.807) is 11.3 Å². The van der Waals surface area contributed by atoms with Crippen molar-refractivity contribution in [3.63, 3.8) is 0 Å². The van der Waals surface area contributed by atoms with E-state index >= 15 is 0 Å². The molecule has 3 aromatic rings. The van der Waals surface area contributed by atoms with Crippen LogP contribution < -0.4 is 4.80 Å². The molecule has 25 heavy (non-hydrogen) atoms. The van der Waals surface area contributed by atoms with E-state index in [1.807, 2.05) is 17.5 Å². The number of benzene rings is 1. The molecule has 130 valence electrons. The van der Waals surface area contributed by atoms with Crippen molar-refractivity contribution in [2.75, 3.05) is 0 Å². The Morgan fingerprint density at radius 1 is 1.16 bits per heavy atom. The van der Waals surface area contributed by atoms with Gasteiger partial charge in [-0.2, -0.15) is 4.99 Å². The molecule has 0 bridgehead atoms. The molecule has 0 saturated heterocycles. The van der Waals surface area contributed by atoms with Gasteiger partial charge in [-0.25, -0.2) is 0 Å². The van der Waals surface area contributed by atoms with Crippen LogP contribution in [0.5, 0.6) is 0 Å². The number of rotatable bonds is 4. The summed E-state index contributed by atoms with van der Waals surface area (Å²) >= 11 is 3.05. The molecule has 0 saturated carbocycles. The molecule has 0 aliphatic heterocycles. The largest absolute Gasteiger partial charge is 0.316 e. The maximum atomic E-state index is 12.4. The fourth-order valence-corrected chi connectivity index (χ4v) is 4.58. The van der Waals surface area contributed by atoms with Gasteiger partial charge in [0.2, 0.25) is 0 Å². The van der Waals surface area contributed by atoms with Crippen molar-refractivity contribution in [2.45, 2.75) is 40.7 Å². The fourth-order valence-electron chi connectivity index (χ4n) is 2.82. The summed E-state index contributed by atoms with van der Waals surface area (Å²) in [7, 11) is 0. The SMILES string of the molecule is CCc1sc(=NC(=O)c2cccs2)n(CC)c1-c1ccc(C)c(C)c1. The van der Waals surface area contributed by atoms with E-state index in [0.717, 1.165) is 17.8 Å². The molecule has 0 fully saturated rings. The standard InChI is InChI=1S/C20H22N2OS2/c1-5-16-18(15-10-9-13(3)14(4)12-15)22(6-2)20(25-16)21-19(23)17-8-7-11-24-17/h7-12H,5-6H2,1-4H3. The molecule has 1 aromatic carbocycles. The van der Waals surface area contributed by atoms with Gasteiger partial charge in [-0.3, -0.25) is 4.79 Å². The van der Waals surface area contributed by atoms with Crippen LogP contribution in [0.1, 0.15) is 39.5 Å². The van der Waals surface area contributed by atoms with Crippen molar-refractivity contribution in [1.82, 2.24) is 4.57 Å². The van der Waals surface area contributed by atoms with Crippen LogP contribution in [0.2, 0.25) is 0 Å². The minimum Gasteiger partial charge on any atom is -0.316 e. The van der Waals surface area contributed by atoms with E-state index in [4.69, 9.17) is 0 Å². The number of carbonyl (C=O) groups excluding carboxylic acids is 1.